The number of hydrogen-bond acceptors (Lipinski definition) is 1. The Morgan fingerprint density at radius 1 is 0.593 bits per heavy atom. The number of nitrogens with zero attached hydrogens (tertiary/aromatic N) is 1. The predicted octanol–water partition coefficient (Wildman–Crippen LogP) is 4.71. The molecule has 27 heavy (non-hydrogen) atoms. The fraction of sp³-hybridized carbons (Fsp3) is 0.280. The summed E-state index contributed by atoms with van der Waals surface area (Å²) in [5, 5.41) is 4.46. The highest BCUT2D eigenvalue weighted by Gasteiger charge is 2.44. The molecule has 140 valence electrons. The van der Waals surface area contributed by atoms with Crippen LogP contribution in [0.1, 0.15) is 20.3 Å². The van der Waals surface area contributed by atoms with Gasteiger partial charge in [0.05, 0.1) is 6.16 Å². The van der Waals surface area contributed by atoms with Crippen LogP contribution in [-0.2, 0) is 0 Å². The van der Waals surface area contributed by atoms with Gasteiger partial charge >= 0.3 is 0 Å². The highest BCUT2D eigenvalue weighted by Crippen LogP contribution is 2.55. The van der Waals surface area contributed by atoms with Crippen molar-refractivity contribution in [2.75, 3.05) is 25.8 Å². The molecule has 0 spiro atoms. The molecule has 1 nitrogen and oxygen atoms in total. The van der Waals surface area contributed by atoms with Crippen molar-refractivity contribution in [2.24, 2.45) is 0 Å². The average molecular weight is 377 g/mol. The molecule has 0 saturated heterocycles. The minimum absolute atomic E-state index is 1.13. The van der Waals surface area contributed by atoms with Gasteiger partial charge in [-0.3, -0.25) is 0 Å². The van der Waals surface area contributed by atoms with Gasteiger partial charge in [-0.25, -0.2) is 0 Å². The first kappa shape index (κ1) is 19.8. The second-order valence-electron chi connectivity index (χ2n) is 6.92. The van der Waals surface area contributed by atoms with Gasteiger partial charge in [-0.1, -0.05) is 68.4 Å². The maximum atomic E-state index is 2.54. The summed E-state index contributed by atoms with van der Waals surface area (Å²) in [6.45, 7) is 7.95. The van der Waals surface area contributed by atoms with E-state index in [1.807, 2.05) is 0 Å². The first-order valence-corrected chi connectivity index (χ1v) is 12.1. The van der Waals surface area contributed by atoms with Gasteiger partial charge in [-0.15, -0.1) is 0 Å². The lowest BCUT2D eigenvalue weighted by Crippen LogP contribution is -2.34. The summed E-state index contributed by atoms with van der Waals surface area (Å²) in [4.78, 5) is 2.54. The van der Waals surface area contributed by atoms with E-state index in [1.165, 1.54) is 35.0 Å². The minimum Gasteiger partial charge on any atom is -0.304 e. The van der Waals surface area contributed by atoms with Gasteiger partial charge in [0.1, 0.15) is 23.2 Å². The summed E-state index contributed by atoms with van der Waals surface area (Å²) in [6.07, 6.45) is 2.43. The summed E-state index contributed by atoms with van der Waals surface area (Å²) >= 11 is 0. The lowest BCUT2D eigenvalue weighted by atomic mass is 10.3. The van der Waals surface area contributed by atoms with E-state index in [-0.39, 0.29) is 0 Å². The second-order valence-corrected chi connectivity index (χ2v) is 10.5. The molecule has 3 aromatic carbocycles. The summed E-state index contributed by atoms with van der Waals surface area (Å²) < 4.78 is 0. The topological polar surface area (TPSA) is 3.24 Å². The summed E-state index contributed by atoms with van der Waals surface area (Å²) in [6, 6.07) is 33.6. The van der Waals surface area contributed by atoms with Gasteiger partial charge in [-0.05, 0) is 55.9 Å². The molecule has 0 fully saturated rings. The van der Waals surface area contributed by atoms with Crippen molar-refractivity contribution < 1.29 is 0 Å². The molecular weight excluding hydrogens is 345 g/mol. The highest BCUT2D eigenvalue weighted by molar-refractivity contribution is 7.95. The number of benzene rings is 3. The summed E-state index contributed by atoms with van der Waals surface area (Å²) in [5.74, 6) is 0. The maximum absolute atomic E-state index is 2.54. The fourth-order valence-electron chi connectivity index (χ4n) is 3.95. The van der Waals surface area contributed by atoms with Gasteiger partial charge in [-0.2, -0.15) is 0 Å². The van der Waals surface area contributed by atoms with Crippen LogP contribution in [0.2, 0.25) is 0 Å². The summed E-state index contributed by atoms with van der Waals surface area (Å²) in [5.41, 5.74) is 0. The second kappa shape index (κ2) is 9.83. The van der Waals surface area contributed by atoms with Crippen LogP contribution in [0.25, 0.3) is 0 Å². The standard InChI is InChI=1S/C25H31NP/c1-3-26(4-2)21-14-22-27(23-15-8-5-9-16-23,24-17-10-6-11-18-24)25-19-12-7-13-20-25/h5-13,15-20H,3-4,14,21-22H2,1-2H3/q+1. The lowest BCUT2D eigenvalue weighted by Gasteiger charge is -2.28. The van der Waals surface area contributed by atoms with Crippen LogP contribution in [0.5, 0.6) is 0 Å². The number of rotatable bonds is 9. The molecular formula is C25H31NP+. The average Bonchev–Trinajstić information content (AvgIpc) is 2.76. The molecule has 0 saturated carbocycles. The normalized spacial score (nSPS) is 11.7. The Morgan fingerprint density at radius 2 is 0.963 bits per heavy atom. The molecule has 0 atom stereocenters. The van der Waals surface area contributed by atoms with E-state index < -0.39 is 7.26 Å². The van der Waals surface area contributed by atoms with Gasteiger partial charge in [0.25, 0.3) is 0 Å². The molecule has 3 aromatic rings. The molecule has 0 bridgehead atoms. The van der Waals surface area contributed by atoms with Crippen molar-refractivity contribution in [1.29, 1.82) is 0 Å². The van der Waals surface area contributed by atoms with Crippen molar-refractivity contribution in [3.63, 3.8) is 0 Å². The van der Waals surface area contributed by atoms with E-state index in [2.05, 4.69) is 110 Å². The quantitative estimate of drug-likeness (QED) is 0.489. The molecule has 0 unspecified atom stereocenters. The van der Waals surface area contributed by atoms with E-state index in [0.29, 0.717) is 0 Å². The molecule has 0 heterocycles. The Balaban J connectivity index is 2.08. The van der Waals surface area contributed by atoms with Crippen molar-refractivity contribution in [3.8, 4) is 0 Å². The van der Waals surface area contributed by atoms with Crippen LogP contribution in [0.3, 0.4) is 0 Å². The van der Waals surface area contributed by atoms with E-state index >= 15 is 0 Å². The highest BCUT2D eigenvalue weighted by atomic mass is 31.2. The van der Waals surface area contributed by atoms with Crippen molar-refractivity contribution in [1.82, 2.24) is 4.90 Å². The summed E-state index contributed by atoms with van der Waals surface area (Å²) in [7, 11) is -1.66. The van der Waals surface area contributed by atoms with Crippen LogP contribution in [0.15, 0.2) is 91.0 Å². The maximum Gasteiger partial charge on any atom is 0.112 e. The first-order chi connectivity index (χ1) is 13.3. The van der Waals surface area contributed by atoms with E-state index in [1.54, 1.807) is 0 Å². The molecule has 0 aliphatic rings. The van der Waals surface area contributed by atoms with E-state index in [4.69, 9.17) is 0 Å². The predicted molar refractivity (Wildman–Crippen MR) is 122 cm³/mol. The largest absolute Gasteiger partial charge is 0.304 e. The third-order valence-electron chi connectivity index (χ3n) is 5.45. The van der Waals surface area contributed by atoms with Crippen LogP contribution >= 0.6 is 7.26 Å². The molecule has 0 radical (unpaired) electrons. The molecule has 0 N–H and O–H groups in total. The molecule has 0 aromatic heterocycles. The zero-order chi connectivity index (χ0) is 19.0. The van der Waals surface area contributed by atoms with Gasteiger partial charge < -0.3 is 4.90 Å². The molecule has 0 aliphatic heterocycles. The molecule has 3 rings (SSSR count). The minimum atomic E-state index is -1.66. The van der Waals surface area contributed by atoms with E-state index in [9.17, 15) is 0 Å². The molecule has 0 aliphatic carbocycles. The zero-order valence-electron chi connectivity index (χ0n) is 16.6. The third-order valence-corrected chi connectivity index (χ3v) is 9.98. The van der Waals surface area contributed by atoms with E-state index in [0.717, 1.165) is 13.1 Å². The van der Waals surface area contributed by atoms with Gasteiger partial charge in [0.15, 0.2) is 0 Å². The van der Waals surface area contributed by atoms with Gasteiger partial charge in [0.2, 0.25) is 0 Å². The zero-order valence-corrected chi connectivity index (χ0v) is 17.5. The van der Waals surface area contributed by atoms with Crippen LogP contribution in [-0.4, -0.2) is 30.7 Å². The Kier molecular flexibility index (Phi) is 7.21. The Labute approximate surface area is 165 Å². The smallest absolute Gasteiger partial charge is 0.112 e. The first-order valence-electron chi connectivity index (χ1n) is 10.1. The molecule has 2 heteroatoms. The van der Waals surface area contributed by atoms with Crippen molar-refractivity contribution in [3.05, 3.63) is 91.0 Å². The number of hydrogen-bond donors (Lipinski definition) is 0. The Hall–Kier alpha value is -1.95. The Bertz CT molecular complexity index is 686. The Morgan fingerprint density at radius 3 is 1.30 bits per heavy atom. The fourth-order valence-corrected chi connectivity index (χ4v) is 8.28. The lowest BCUT2D eigenvalue weighted by molar-refractivity contribution is 0.305. The SMILES string of the molecule is CCN(CC)CCC[P+](c1ccccc1)(c1ccccc1)c1ccccc1. The molecule has 0 amide bonds. The van der Waals surface area contributed by atoms with Crippen LogP contribution in [0, 0.1) is 0 Å². The van der Waals surface area contributed by atoms with Crippen LogP contribution in [0.4, 0.5) is 0 Å². The van der Waals surface area contributed by atoms with Crippen molar-refractivity contribution in [2.45, 2.75) is 20.3 Å². The van der Waals surface area contributed by atoms with Crippen molar-refractivity contribution >= 4 is 23.2 Å². The monoisotopic (exact) mass is 376 g/mol. The third kappa shape index (κ3) is 4.49. The van der Waals surface area contributed by atoms with Gasteiger partial charge in [0, 0.05) is 6.54 Å². The van der Waals surface area contributed by atoms with Crippen LogP contribution < -0.4 is 15.9 Å².